The van der Waals surface area contributed by atoms with Gasteiger partial charge in [0.25, 0.3) is 0 Å². The van der Waals surface area contributed by atoms with Crippen LogP contribution in [-0.2, 0) is 16.0 Å². The van der Waals surface area contributed by atoms with Gasteiger partial charge < -0.3 is 9.47 Å². The Morgan fingerprint density at radius 2 is 2.45 bits per heavy atom. The molecule has 1 aliphatic heterocycles. The van der Waals surface area contributed by atoms with Gasteiger partial charge in [-0.05, 0) is 24.3 Å². The molecule has 0 N–H and O–H groups in total. The summed E-state index contributed by atoms with van der Waals surface area (Å²) in [5.41, 5.74) is 0. The first kappa shape index (κ1) is 14.3. The van der Waals surface area contributed by atoms with Crippen LogP contribution in [0.2, 0.25) is 0 Å². The molecule has 3 unspecified atom stereocenters. The van der Waals surface area contributed by atoms with Crippen LogP contribution >= 0.6 is 11.3 Å². The normalized spacial score (nSPS) is 30.3. The van der Waals surface area contributed by atoms with Crippen LogP contribution in [-0.4, -0.2) is 43.4 Å². The summed E-state index contributed by atoms with van der Waals surface area (Å²) in [7, 11) is 0. The number of thiophene rings is 1. The molecule has 2 aliphatic rings. The van der Waals surface area contributed by atoms with Crippen molar-refractivity contribution in [1.82, 2.24) is 4.90 Å². The fraction of sp³-hybridized carbons (Fsp3) is 0.625. The summed E-state index contributed by atoms with van der Waals surface area (Å²) in [5, 5.41) is 2.16. The monoisotopic (exact) mass is 293 g/mol. The molecule has 20 heavy (non-hydrogen) atoms. The zero-order chi connectivity index (χ0) is 13.8. The van der Waals surface area contributed by atoms with E-state index in [1.165, 1.54) is 17.7 Å². The van der Waals surface area contributed by atoms with E-state index >= 15 is 0 Å². The zero-order valence-corrected chi connectivity index (χ0v) is 12.7. The van der Waals surface area contributed by atoms with Crippen LogP contribution < -0.4 is 0 Å². The topological polar surface area (TPSA) is 21.7 Å². The number of hydrogen-bond acceptors (Lipinski definition) is 4. The van der Waals surface area contributed by atoms with Gasteiger partial charge in [0, 0.05) is 29.9 Å². The van der Waals surface area contributed by atoms with E-state index in [1.807, 2.05) is 17.4 Å². The van der Waals surface area contributed by atoms with Crippen molar-refractivity contribution in [1.29, 1.82) is 0 Å². The van der Waals surface area contributed by atoms with Crippen LogP contribution in [0.4, 0.5) is 0 Å². The van der Waals surface area contributed by atoms with Crippen LogP contribution in [0.1, 0.15) is 17.7 Å². The lowest BCUT2D eigenvalue weighted by molar-refractivity contribution is -0.0866. The van der Waals surface area contributed by atoms with Gasteiger partial charge in [-0.2, -0.15) is 0 Å². The minimum absolute atomic E-state index is 0.355. The second-order valence-electron chi connectivity index (χ2n) is 5.62. The molecule has 1 saturated carbocycles. The Labute approximate surface area is 125 Å². The lowest BCUT2D eigenvalue weighted by atomic mass is 10.0. The first-order valence-corrected chi connectivity index (χ1v) is 8.33. The first-order chi connectivity index (χ1) is 9.88. The lowest BCUT2D eigenvalue weighted by Crippen LogP contribution is -2.50. The summed E-state index contributed by atoms with van der Waals surface area (Å²) >= 11 is 1.85. The molecule has 0 amide bonds. The Morgan fingerprint density at radius 1 is 1.50 bits per heavy atom. The van der Waals surface area contributed by atoms with E-state index in [2.05, 4.69) is 29.0 Å². The van der Waals surface area contributed by atoms with Crippen LogP contribution in [0.15, 0.2) is 30.2 Å². The number of ether oxygens (including phenoxy) is 2. The molecule has 2 heterocycles. The van der Waals surface area contributed by atoms with Crippen LogP contribution in [0.5, 0.6) is 0 Å². The minimum atomic E-state index is 0.355. The van der Waals surface area contributed by atoms with E-state index < -0.39 is 0 Å². The van der Waals surface area contributed by atoms with Gasteiger partial charge in [-0.3, -0.25) is 4.90 Å². The first-order valence-electron chi connectivity index (χ1n) is 7.45. The lowest BCUT2D eigenvalue weighted by Gasteiger charge is -2.39. The van der Waals surface area contributed by atoms with Crippen molar-refractivity contribution in [3.8, 4) is 0 Å². The van der Waals surface area contributed by atoms with E-state index in [1.54, 1.807) is 0 Å². The molecule has 1 aliphatic carbocycles. The molecule has 0 bridgehead atoms. The maximum absolute atomic E-state index is 6.05. The van der Waals surface area contributed by atoms with Crippen molar-refractivity contribution in [3.05, 3.63) is 35.0 Å². The third-order valence-electron chi connectivity index (χ3n) is 4.34. The molecular formula is C16H23NO2S. The van der Waals surface area contributed by atoms with Gasteiger partial charge in [0.2, 0.25) is 0 Å². The summed E-state index contributed by atoms with van der Waals surface area (Å²) < 4.78 is 11.7. The quantitative estimate of drug-likeness (QED) is 0.594. The average Bonchev–Trinajstić information content (AvgIpc) is 3.10. The van der Waals surface area contributed by atoms with Crippen molar-refractivity contribution in [2.24, 2.45) is 5.92 Å². The van der Waals surface area contributed by atoms with E-state index in [0.29, 0.717) is 24.7 Å². The number of fused-ring (bicyclic) bond motifs is 1. The highest BCUT2D eigenvalue weighted by Crippen LogP contribution is 2.35. The smallest absolute Gasteiger partial charge is 0.0781 e. The fourth-order valence-corrected chi connectivity index (χ4v) is 4.15. The summed E-state index contributed by atoms with van der Waals surface area (Å²) in [6.45, 7) is 8.13. The Kier molecular flexibility index (Phi) is 4.89. The number of rotatable bonds is 6. The molecule has 110 valence electrons. The SMILES string of the molecule is C=CCOCC1CCC2C1OCCN2Cc1cccs1. The predicted octanol–water partition coefficient (Wildman–Crippen LogP) is 2.93. The minimum Gasteiger partial charge on any atom is -0.377 e. The summed E-state index contributed by atoms with van der Waals surface area (Å²) in [4.78, 5) is 4.06. The van der Waals surface area contributed by atoms with Crippen LogP contribution in [0.3, 0.4) is 0 Å². The van der Waals surface area contributed by atoms with E-state index in [0.717, 1.165) is 26.3 Å². The molecule has 3 rings (SSSR count). The molecule has 0 radical (unpaired) electrons. The fourth-order valence-electron chi connectivity index (χ4n) is 3.42. The highest BCUT2D eigenvalue weighted by Gasteiger charge is 2.42. The molecular weight excluding hydrogens is 270 g/mol. The van der Waals surface area contributed by atoms with Crippen molar-refractivity contribution < 1.29 is 9.47 Å². The molecule has 4 heteroatoms. The zero-order valence-electron chi connectivity index (χ0n) is 11.9. The molecule has 3 nitrogen and oxygen atoms in total. The van der Waals surface area contributed by atoms with E-state index in [4.69, 9.17) is 9.47 Å². The molecule has 3 atom stereocenters. The number of nitrogens with zero attached hydrogens (tertiary/aromatic N) is 1. The molecule has 0 aromatic carbocycles. The van der Waals surface area contributed by atoms with Gasteiger partial charge in [-0.1, -0.05) is 12.1 Å². The predicted molar refractivity (Wildman–Crippen MR) is 82.0 cm³/mol. The summed E-state index contributed by atoms with van der Waals surface area (Å²) in [5.74, 6) is 0.547. The average molecular weight is 293 g/mol. The molecule has 1 aromatic rings. The summed E-state index contributed by atoms with van der Waals surface area (Å²) in [6.07, 6.45) is 4.62. The van der Waals surface area contributed by atoms with Gasteiger partial charge in [-0.15, -0.1) is 17.9 Å². The Bertz CT molecular complexity index is 420. The highest BCUT2D eigenvalue weighted by molar-refractivity contribution is 7.09. The molecule has 2 fully saturated rings. The van der Waals surface area contributed by atoms with Gasteiger partial charge in [0.15, 0.2) is 0 Å². The van der Waals surface area contributed by atoms with Crippen molar-refractivity contribution >= 4 is 11.3 Å². The van der Waals surface area contributed by atoms with E-state index in [-0.39, 0.29) is 0 Å². The third-order valence-corrected chi connectivity index (χ3v) is 5.20. The maximum atomic E-state index is 6.05. The van der Waals surface area contributed by atoms with Gasteiger partial charge in [0.1, 0.15) is 0 Å². The number of hydrogen-bond donors (Lipinski definition) is 0. The largest absolute Gasteiger partial charge is 0.377 e. The Hall–Kier alpha value is -0.680. The van der Waals surface area contributed by atoms with Crippen molar-refractivity contribution in [3.63, 3.8) is 0 Å². The summed E-state index contributed by atoms with van der Waals surface area (Å²) in [6, 6.07) is 4.94. The van der Waals surface area contributed by atoms with Gasteiger partial charge >= 0.3 is 0 Å². The Balaban J connectivity index is 1.58. The molecule has 0 spiro atoms. The second kappa shape index (κ2) is 6.85. The highest BCUT2D eigenvalue weighted by atomic mass is 32.1. The standard InChI is InChI=1S/C16H23NO2S/c1-2-8-18-12-13-5-6-15-16(13)19-9-7-17(15)11-14-4-3-10-20-14/h2-4,10,13,15-16H,1,5-9,11-12H2. The Morgan fingerprint density at radius 3 is 3.25 bits per heavy atom. The third kappa shape index (κ3) is 3.14. The van der Waals surface area contributed by atoms with Crippen molar-refractivity contribution in [2.45, 2.75) is 31.5 Å². The maximum Gasteiger partial charge on any atom is 0.0781 e. The van der Waals surface area contributed by atoms with Crippen LogP contribution in [0, 0.1) is 5.92 Å². The van der Waals surface area contributed by atoms with E-state index in [9.17, 15) is 0 Å². The molecule has 1 aromatic heterocycles. The van der Waals surface area contributed by atoms with Crippen LogP contribution in [0.25, 0.3) is 0 Å². The molecule has 1 saturated heterocycles. The van der Waals surface area contributed by atoms with Crippen molar-refractivity contribution in [2.75, 3.05) is 26.4 Å². The van der Waals surface area contributed by atoms with Gasteiger partial charge in [0.05, 0.1) is 25.9 Å². The van der Waals surface area contributed by atoms with Gasteiger partial charge in [-0.25, -0.2) is 0 Å². The number of morpholine rings is 1. The second-order valence-corrected chi connectivity index (χ2v) is 6.65.